The van der Waals surface area contributed by atoms with E-state index in [4.69, 9.17) is 5.73 Å². The number of rotatable bonds is 6. The van der Waals surface area contributed by atoms with Gasteiger partial charge in [0, 0.05) is 12.2 Å². The quantitative estimate of drug-likeness (QED) is 0.466. The Kier molecular flexibility index (Phi) is 6.70. The highest BCUT2D eigenvalue weighted by molar-refractivity contribution is 5.92. The van der Waals surface area contributed by atoms with Crippen LogP contribution in [0.5, 0.6) is 5.75 Å². The van der Waals surface area contributed by atoms with Crippen LogP contribution in [-0.2, 0) is 0 Å². The monoisotopic (exact) mass is 358 g/mol. The molecule has 0 atom stereocenters. The molecule has 11 heteroatoms. The van der Waals surface area contributed by atoms with E-state index in [1.165, 1.54) is 19.2 Å². The minimum absolute atomic E-state index is 0.0285. The number of nitrogens with zero attached hydrogens (tertiary/aromatic N) is 2. The molecule has 0 aliphatic carbocycles. The normalized spacial score (nSPS) is 13.2. The van der Waals surface area contributed by atoms with Gasteiger partial charge in [-0.1, -0.05) is 0 Å². The van der Waals surface area contributed by atoms with Crippen LogP contribution in [0.25, 0.3) is 0 Å². The number of anilines is 1. The van der Waals surface area contributed by atoms with Crippen molar-refractivity contribution in [3.05, 3.63) is 24.3 Å². The van der Waals surface area contributed by atoms with E-state index in [9.17, 15) is 26.3 Å². The number of hydrogen-bond acceptors (Lipinski definition) is 3. The van der Waals surface area contributed by atoms with Crippen molar-refractivity contribution in [1.82, 2.24) is 4.90 Å². The predicted octanol–water partition coefficient (Wildman–Crippen LogP) is 2.81. The molecule has 5 nitrogen and oxygen atoms in total. The van der Waals surface area contributed by atoms with Gasteiger partial charge in [0.05, 0.1) is 13.1 Å². The molecule has 0 aliphatic heterocycles. The highest BCUT2D eigenvalue weighted by atomic mass is 19.4. The second-order valence-corrected chi connectivity index (χ2v) is 4.82. The first-order chi connectivity index (χ1) is 10.9. The number of nitrogens with two attached hydrogens (primary N) is 1. The summed E-state index contributed by atoms with van der Waals surface area (Å²) in [5, 5.41) is 2.60. The number of nitrogens with one attached hydrogen (secondary N) is 1. The van der Waals surface area contributed by atoms with E-state index in [2.05, 4.69) is 15.0 Å². The fourth-order valence-corrected chi connectivity index (χ4v) is 1.65. The van der Waals surface area contributed by atoms with Gasteiger partial charge in [-0.15, -0.1) is 13.2 Å². The van der Waals surface area contributed by atoms with E-state index >= 15 is 0 Å². The Morgan fingerprint density at radius 3 is 2.25 bits per heavy atom. The van der Waals surface area contributed by atoms with Crippen LogP contribution in [0.15, 0.2) is 29.3 Å². The van der Waals surface area contributed by atoms with Gasteiger partial charge >= 0.3 is 12.5 Å². The summed E-state index contributed by atoms with van der Waals surface area (Å²) < 4.78 is 76.1. The SMILES string of the molecule is CN(CCN=C(N)Nc1ccc(OC(F)(F)F)cc1)CC(F)(F)F. The van der Waals surface area contributed by atoms with Crippen LogP contribution in [0, 0.1) is 0 Å². The van der Waals surface area contributed by atoms with Crippen molar-refractivity contribution in [2.75, 3.05) is 32.0 Å². The van der Waals surface area contributed by atoms with Crippen LogP contribution in [0.1, 0.15) is 0 Å². The molecule has 1 aromatic rings. The number of benzene rings is 1. The molecule has 1 rings (SSSR count). The predicted molar refractivity (Wildman–Crippen MR) is 76.8 cm³/mol. The van der Waals surface area contributed by atoms with Crippen molar-refractivity contribution < 1.29 is 31.1 Å². The molecule has 0 saturated carbocycles. The van der Waals surface area contributed by atoms with Gasteiger partial charge in [-0.3, -0.25) is 9.89 Å². The summed E-state index contributed by atoms with van der Waals surface area (Å²) in [5.74, 6) is -0.461. The smallest absolute Gasteiger partial charge is 0.406 e. The zero-order chi connectivity index (χ0) is 18.4. The lowest BCUT2D eigenvalue weighted by atomic mass is 10.3. The summed E-state index contributed by atoms with van der Waals surface area (Å²) in [6.07, 6.45) is -9.07. The minimum atomic E-state index is -4.78. The Bertz CT molecular complexity index is 541. The molecule has 24 heavy (non-hydrogen) atoms. The molecule has 3 N–H and O–H groups in total. The Hall–Kier alpha value is -2.17. The molecule has 0 saturated heterocycles. The second-order valence-electron chi connectivity index (χ2n) is 4.82. The number of hydrogen-bond donors (Lipinski definition) is 2. The zero-order valence-electron chi connectivity index (χ0n) is 12.6. The van der Waals surface area contributed by atoms with Crippen molar-refractivity contribution >= 4 is 11.6 Å². The van der Waals surface area contributed by atoms with E-state index in [-0.39, 0.29) is 19.0 Å². The van der Waals surface area contributed by atoms with Crippen molar-refractivity contribution in [3.8, 4) is 5.75 Å². The van der Waals surface area contributed by atoms with Crippen LogP contribution in [0.2, 0.25) is 0 Å². The molecule has 0 amide bonds. The molecule has 0 bridgehead atoms. The van der Waals surface area contributed by atoms with Gasteiger partial charge in [-0.25, -0.2) is 0 Å². The van der Waals surface area contributed by atoms with Gasteiger partial charge in [-0.2, -0.15) is 13.2 Å². The van der Waals surface area contributed by atoms with Crippen LogP contribution < -0.4 is 15.8 Å². The van der Waals surface area contributed by atoms with Crippen LogP contribution >= 0.6 is 0 Å². The highest BCUT2D eigenvalue weighted by Gasteiger charge is 2.31. The standard InChI is InChI=1S/C13H16F6N4O/c1-23(8-12(14,15)16)7-6-21-11(20)22-9-2-4-10(5-3-9)24-13(17,18)19/h2-5H,6-8H2,1H3,(H3,20,21,22). The number of guanidine groups is 1. The lowest BCUT2D eigenvalue weighted by Crippen LogP contribution is -2.33. The Balaban J connectivity index is 2.45. The molecule has 0 fully saturated rings. The van der Waals surface area contributed by atoms with Gasteiger partial charge in [0.25, 0.3) is 0 Å². The maximum atomic E-state index is 12.1. The molecule has 0 unspecified atom stereocenters. The molecule has 0 aliphatic rings. The molecule has 1 aromatic carbocycles. The number of halogens is 6. The summed E-state index contributed by atoms with van der Waals surface area (Å²) in [6.45, 7) is -0.989. The zero-order valence-corrected chi connectivity index (χ0v) is 12.6. The molecule has 0 spiro atoms. The number of likely N-dealkylation sites (N-methyl/N-ethyl adjacent to an activating group) is 1. The largest absolute Gasteiger partial charge is 0.573 e. The lowest BCUT2D eigenvalue weighted by molar-refractivity contribution is -0.274. The number of aliphatic imine (C=N–C) groups is 1. The van der Waals surface area contributed by atoms with Gasteiger partial charge < -0.3 is 15.8 Å². The molecule has 136 valence electrons. The van der Waals surface area contributed by atoms with Gasteiger partial charge in [0.2, 0.25) is 0 Å². The van der Waals surface area contributed by atoms with Gasteiger partial charge in [0.1, 0.15) is 5.75 Å². The molecule has 0 heterocycles. The number of ether oxygens (including phenoxy) is 1. The maximum Gasteiger partial charge on any atom is 0.573 e. The van der Waals surface area contributed by atoms with Crippen LogP contribution in [0.4, 0.5) is 32.0 Å². The first-order valence-electron chi connectivity index (χ1n) is 6.63. The second kappa shape index (κ2) is 8.08. The van der Waals surface area contributed by atoms with Crippen molar-refractivity contribution in [3.63, 3.8) is 0 Å². The van der Waals surface area contributed by atoms with Crippen molar-refractivity contribution in [2.45, 2.75) is 12.5 Å². The summed E-state index contributed by atoms with van der Waals surface area (Å²) in [5.41, 5.74) is 5.90. The Morgan fingerprint density at radius 2 is 1.75 bits per heavy atom. The van der Waals surface area contributed by atoms with E-state index in [1.54, 1.807) is 0 Å². The minimum Gasteiger partial charge on any atom is -0.406 e. The summed E-state index contributed by atoms with van der Waals surface area (Å²) in [6, 6.07) is 4.75. The first kappa shape index (κ1) is 19.9. The van der Waals surface area contributed by atoms with Crippen molar-refractivity contribution in [1.29, 1.82) is 0 Å². The summed E-state index contributed by atoms with van der Waals surface area (Å²) in [7, 11) is 1.30. The molecular formula is C13H16F6N4O. The third kappa shape index (κ3) is 9.08. The Labute approximate surface area is 134 Å². The van der Waals surface area contributed by atoms with Crippen LogP contribution in [-0.4, -0.2) is 50.1 Å². The summed E-state index contributed by atoms with van der Waals surface area (Å²) >= 11 is 0. The molecular weight excluding hydrogens is 342 g/mol. The topological polar surface area (TPSA) is 62.9 Å². The maximum absolute atomic E-state index is 12.1. The van der Waals surface area contributed by atoms with E-state index in [1.807, 2.05) is 0 Å². The first-order valence-corrected chi connectivity index (χ1v) is 6.63. The molecule has 0 aromatic heterocycles. The van der Waals surface area contributed by atoms with E-state index < -0.39 is 24.8 Å². The molecule has 0 radical (unpaired) electrons. The third-order valence-electron chi connectivity index (χ3n) is 2.57. The average Bonchev–Trinajstić information content (AvgIpc) is 2.37. The third-order valence-corrected chi connectivity index (χ3v) is 2.57. The Morgan fingerprint density at radius 1 is 1.17 bits per heavy atom. The average molecular weight is 358 g/mol. The fourth-order valence-electron chi connectivity index (χ4n) is 1.65. The van der Waals surface area contributed by atoms with Crippen LogP contribution in [0.3, 0.4) is 0 Å². The highest BCUT2D eigenvalue weighted by Crippen LogP contribution is 2.23. The lowest BCUT2D eigenvalue weighted by Gasteiger charge is -2.17. The fraction of sp³-hybridized carbons (Fsp3) is 0.462. The van der Waals surface area contributed by atoms with E-state index in [0.29, 0.717) is 5.69 Å². The number of alkyl halides is 6. The van der Waals surface area contributed by atoms with Gasteiger partial charge in [0.15, 0.2) is 5.96 Å². The van der Waals surface area contributed by atoms with Crippen molar-refractivity contribution in [2.24, 2.45) is 10.7 Å². The van der Waals surface area contributed by atoms with E-state index in [0.717, 1.165) is 17.0 Å². The van der Waals surface area contributed by atoms with Gasteiger partial charge in [-0.05, 0) is 31.3 Å². The summed E-state index contributed by atoms with van der Waals surface area (Å²) in [4.78, 5) is 4.88.